The normalized spacial score (nSPS) is 11.1. The Morgan fingerprint density at radius 3 is 2.53 bits per heavy atom. The van der Waals surface area contributed by atoms with Crippen LogP contribution in [0.3, 0.4) is 0 Å². The maximum absolute atomic E-state index is 13.9. The fourth-order valence-electron chi connectivity index (χ4n) is 1.84. The van der Waals surface area contributed by atoms with Crippen LogP contribution in [0.5, 0.6) is 5.75 Å². The Morgan fingerprint density at radius 2 is 2.00 bits per heavy atom. The van der Waals surface area contributed by atoms with E-state index in [1.807, 2.05) is 0 Å². The van der Waals surface area contributed by atoms with Gasteiger partial charge in [-0.05, 0) is 25.5 Å². The molecule has 1 aromatic carbocycles. The van der Waals surface area contributed by atoms with Crippen LogP contribution in [0, 0.1) is 25.2 Å². The van der Waals surface area contributed by atoms with Crippen LogP contribution in [0.1, 0.15) is 29.5 Å². The Bertz CT molecular complexity index is 449. The van der Waals surface area contributed by atoms with E-state index in [4.69, 9.17) is 10.00 Å². The van der Waals surface area contributed by atoms with Gasteiger partial charge >= 0.3 is 0 Å². The Kier molecular flexibility index (Phi) is 4.06. The summed E-state index contributed by atoms with van der Waals surface area (Å²) in [5.41, 5.74) is 1.31. The van der Waals surface area contributed by atoms with Crippen molar-refractivity contribution in [2.24, 2.45) is 0 Å². The van der Waals surface area contributed by atoms with Crippen LogP contribution < -0.4 is 4.74 Å². The van der Waals surface area contributed by atoms with Crippen LogP contribution >= 0.6 is 0 Å². The molecule has 0 heterocycles. The minimum Gasteiger partial charge on any atom is -0.496 e. The van der Waals surface area contributed by atoms with Crippen molar-refractivity contribution in [1.29, 1.82) is 5.26 Å². The smallest absolute Gasteiger partial charge is 0.277 e. The van der Waals surface area contributed by atoms with Crippen LogP contribution in [0.2, 0.25) is 0 Å². The highest BCUT2D eigenvalue weighted by atomic mass is 19.3. The van der Waals surface area contributed by atoms with Gasteiger partial charge in [0.1, 0.15) is 5.75 Å². The van der Waals surface area contributed by atoms with E-state index in [9.17, 15) is 8.78 Å². The molecule has 0 unspecified atom stereocenters. The number of rotatable bonds is 4. The second-order valence-corrected chi connectivity index (χ2v) is 4.03. The van der Waals surface area contributed by atoms with Crippen molar-refractivity contribution >= 4 is 0 Å². The van der Waals surface area contributed by atoms with Gasteiger partial charge in [0.25, 0.3) is 5.92 Å². The first-order chi connectivity index (χ1) is 7.92. The molecule has 0 fully saturated rings. The van der Waals surface area contributed by atoms with Gasteiger partial charge in [-0.1, -0.05) is 11.6 Å². The van der Waals surface area contributed by atoms with Crippen LogP contribution in [-0.2, 0) is 5.92 Å². The van der Waals surface area contributed by atoms with Gasteiger partial charge in [0, 0.05) is 12.8 Å². The first-order valence-corrected chi connectivity index (χ1v) is 5.33. The molecule has 1 rings (SSSR count). The lowest BCUT2D eigenvalue weighted by Gasteiger charge is -2.20. The minimum atomic E-state index is -3.03. The van der Waals surface area contributed by atoms with Gasteiger partial charge < -0.3 is 4.74 Å². The quantitative estimate of drug-likeness (QED) is 0.802. The number of ether oxygens (including phenoxy) is 1. The summed E-state index contributed by atoms with van der Waals surface area (Å²) < 4.78 is 32.9. The molecule has 0 saturated carbocycles. The van der Waals surface area contributed by atoms with Crippen molar-refractivity contribution in [3.05, 3.63) is 28.8 Å². The van der Waals surface area contributed by atoms with E-state index in [-0.39, 0.29) is 17.7 Å². The molecule has 0 bridgehead atoms. The van der Waals surface area contributed by atoms with Gasteiger partial charge in [-0.2, -0.15) is 5.26 Å². The number of halogens is 2. The monoisotopic (exact) mass is 239 g/mol. The number of hydrogen-bond acceptors (Lipinski definition) is 2. The number of methoxy groups -OCH3 is 1. The molecule has 4 heteroatoms. The van der Waals surface area contributed by atoms with Crippen LogP contribution in [0.4, 0.5) is 8.78 Å². The summed E-state index contributed by atoms with van der Waals surface area (Å²) in [7, 11) is 1.38. The van der Waals surface area contributed by atoms with E-state index in [1.165, 1.54) is 13.2 Å². The average molecular weight is 239 g/mol. The van der Waals surface area contributed by atoms with E-state index in [2.05, 4.69) is 0 Å². The molecule has 0 radical (unpaired) electrons. The Balaban J connectivity index is 3.24. The molecule has 1 aromatic rings. The van der Waals surface area contributed by atoms with Gasteiger partial charge in [-0.15, -0.1) is 0 Å². The fraction of sp³-hybridized carbons (Fsp3) is 0.462. The van der Waals surface area contributed by atoms with Gasteiger partial charge in [0.05, 0.1) is 18.7 Å². The summed E-state index contributed by atoms with van der Waals surface area (Å²) in [5.74, 6) is -2.82. The molecular weight excluding hydrogens is 224 g/mol. The molecule has 0 aliphatic rings. The maximum atomic E-state index is 13.9. The van der Waals surface area contributed by atoms with Gasteiger partial charge in [-0.3, -0.25) is 0 Å². The molecule has 92 valence electrons. The lowest BCUT2D eigenvalue weighted by molar-refractivity contribution is -0.0141. The predicted molar refractivity (Wildman–Crippen MR) is 61.2 cm³/mol. The molecule has 17 heavy (non-hydrogen) atoms. The second kappa shape index (κ2) is 5.13. The van der Waals surface area contributed by atoms with E-state index < -0.39 is 12.3 Å². The van der Waals surface area contributed by atoms with Gasteiger partial charge in [-0.25, -0.2) is 8.78 Å². The van der Waals surface area contributed by atoms with E-state index in [0.717, 1.165) is 5.56 Å². The SMILES string of the molecule is COc1c(C)cc(C)cc1C(F)(F)CCC#N. The summed E-state index contributed by atoms with van der Waals surface area (Å²) in [4.78, 5) is 0. The molecule has 0 amide bonds. The Morgan fingerprint density at radius 1 is 1.35 bits per heavy atom. The summed E-state index contributed by atoms with van der Waals surface area (Å²) in [6.07, 6.45) is -0.661. The first kappa shape index (κ1) is 13.4. The number of nitrogens with zero attached hydrogens (tertiary/aromatic N) is 1. The highest BCUT2D eigenvalue weighted by molar-refractivity contribution is 5.46. The minimum absolute atomic E-state index is 0.132. The molecule has 0 saturated heterocycles. The maximum Gasteiger partial charge on any atom is 0.277 e. The third-order valence-corrected chi connectivity index (χ3v) is 2.57. The number of aryl methyl sites for hydroxylation is 2. The predicted octanol–water partition coefficient (Wildman–Crippen LogP) is 3.71. The first-order valence-electron chi connectivity index (χ1n) is 5.33. The van der Waals surface area contributed by atoms with Crippen LogP contribution in [0.25, 0.3) is 0 Å². The lowest BCUT2D eigenvalue weighted by Crippen LogP contribution is -2.15. The van der Waals surface area contributed by atoms with E-state index >= 15 is 0 Å². The van der Waals surface area contributed by atoms with Gasteiger partial charge in [0.15, 0.2) is 0 Å². The van der Waals surface area contributed by atoms with Crippen molar-refractivity contribution in [2.45, 2.75) is 32.6 Å². The van der Waals surface area contributed by atoms with Crippen molar-refractivity contribution in [1.82, 2.24) is 0 Å². The molecule has 0 N–H and O–H groups in total. The number of benzene rings is 1. The fourth-order valence-corrected chi connectivity index (χ4v) is 1.84. The third kappa shape index (κ3) is 2.94. The van der Waals surface area contributed by atoms with Crippen molar-refractivity contribution in [2.75, 3.05) is 7.11 Å². The van der Waals surface area contributed by atoms with Crippen LogP contribution in [0.15, 0.2) is 12.1 Å². The molecular formula is C13H15F2NO. The Labute approximate surface area is 99.8 Å². The molecule has 0 aliphatic carbocycles. The number of nitriles is 1. The molecule has 0 spiro atoms. The molecule has 0 aromatic heterocycles. The van der Waals surface area contributed by atoms with Crippen molar-refractivity contribution < 1.29 is 13.5 Å². The zero-order valence-corrected chi connectivity index (χ0v) is 10.2. The van der Waals surface area contributed by atoms with E-state index in [0.29, 0.717) is 5.56 Å². The van der Waals surface area contributed by atoms with Crippen molar-refractivity contribution in [3.63, 3.8) is 0 Å². The molecule has 0 aliphatic heterocycles. The zero-order chi connectivity index (χ0) is 13.1. The summed E-state index contributed by atoms with van der Waals surface area (Å²) in [6.45, 7) is 3.49. The topological polar surface area (TPSA) is 33.0 Å². The van der Waals surface area contributed by atoms with Crippen LogP contribution in [-0.4, -0.2) is 7.11 Å². The van der Waals surface area contributed by atoms with Crippen molar-refractivity contribution in [3.8, 4) is 11.8 Å². The highest BCUT2D eigenvalue weighted by Gasteiger charge is 2.35. The standard InChI is InChI=1S/C13H15F2NO/c1-9-7-10(2)12(17-3)11(8-9)13(14,15)5-4-6-16/h7-8H,4-5H2,1-3H3. The summed E-state index contributed by atoms with van der Waals surface area (Å²) in [5, 5.41) is 8.40. The molecule has 0 atom stereocenters. The van der Waals surface area contributed by atoms with E-state index in [1.54, 1.807) is 26.0 Å². The molecule has 2 nitrogen and oxygen atoms in total. The largest absolute Gasteiger partial charge is 0.496 e. The Hall–Kier alpha value is -1.63. The van der Waals surface area contributed by atoms with Gasteiger partial charge in [0.2, 0.25) is 0 Å². The number of alkyl halides is 2. The lowest BCUT2D eigenvalue weighted by atomic mass is 9.98. The zero-order valence-electron chi connectivity index (χ0n) is 10.2. The average Bonchev–Trinajstić information content (AvgIpc) is 2.25. The summed E-state index contributed by atoms with van der Waals surface area (Å²) >= 11 is 0. The third-order valence-electron chi connectivity index (χ3n) is 2.57. The summed E-state index contributed by atoms with van der Waals surface area (Å²) in [6, 6.07) is 4.95. The second-order valence-electron chi connectivity index (χ2n) is 4.03. The number of hydrogen-bond donors (Lipinski definition) is 0. The highest BCUT2D eigenvalue weighted by Crippen LogP contribution is 2.40.